The van der Waals surface area contributed by atoms with Crippen molar-refractivity contribution in [3.05, 3.63) is 64.4 Å². The molecule has 3 rings (SSSR count). The molecule has 2 atom stereocenters. The molecule has 29 heavy (non-hydrogen) atoms. The standard InChI is InChI=1S/C24H30N2O2S/c1-17(2)14-18(15-23(27)21(25)16-20-7-5-13-29-20)9-10-24(28)26-12-11-19-6-3-4-8-22(19)26/h3-10,13,17-18,21H,11-12,14-16,25H2,1-2H3/b10-9+/t18-,21+/m1/s1. The molecule has 0 spiro atoms. The molecule has 1 aliphatic rings. The molecule has 0 saturated heterocycles. The number of anilines is 1. The van der Waals surface area contributed by atoms with Gasteiger partial charge in [0.15, 0.2) is 0 Å². The second-order valence-electron chi connectivity index (χ2n) is 8.18. The van der Waals surface area contributed by atoms with Crippen LogP contribution in [0.15, 0.2) is 53.9 Å². The molecular weight excluding hydrogens is 380 g/mol. The van der Waals surface area contributed by atoms with E-state index in [-0.39, 0.29) is 17.6 Å². The summed E-state index contributed by atoms with van der Waals surface area (Å²) in [5.41, 5.74) is 8.36. The van der Waals surface area contributed by atoms with Crippen LogP contribution in [0.2, 0.25) is 0 Å². The number of carbonyl (C=O) groups excluding carboxylic acids is 2. The zero-order valence-electron chi connectivity index (χ0n) is 17.2. The molecule has 0 saturated carbocycles. The van der Waals surface area contributed by atoms with Gasteiger partial charge in [0, 0.05) is 30.0 Å². The molecule has 0 bridgehead atoms. The van der Waals surface area contributed by atoms with Crippen LogP contribution >= 0.6 is 11.3 Å². The number of nitrogens with two attached hydrogens (primary N) is 1. The molecule has 0 unspecified atom stereocenters. The lowest BCUT2D eigenvalue weighted by atomic mass is 9.89. The zero-order chi connectivity index (χ0) is 20.8. The van der Waals surface area contributed by atoms with E-state index in [4.69, 9.17) is 5.73 Å². The van der Waals surface area contributed by atoms with Crippen LogP contribution in [-0.2, 0) is 22.4 Å². The summed E-state index contributed by atoms with van der Waals surface area (Å²) in [6.45, 7) is 4.98. The minimum atomic E-state index is -0.488. The van der Waals surface area contributed by atoms with Crippen molar-refractivity contribution in [2.24, 2.45) is 17.6 Å². The molecule has 2 heterocycles. The topological polar surface area (TPSA) is 63.4 Å². The van der Waals surface area contributed by atoms with E-state index >= 15 is 0 Å². The molecule has 5 heteroatoms. The summed E-state index contributed by atoms with van der Waals surface area (Å²) in [4.78, 5) is 28.4. The predicted molar refractivity (Wildman–Crippen MR) is 120 cm³/mol. The largest absolute Gasteiger partial charge is 0.321 e. The Morgan fingerprint density at radius 1 is 1.21 bits per heavy atom. The number of thiophene rings is 1. The molecule has 2 aromatic rings. The van der Waals surface area contributed by atoms with Crippen LogP contribution in [0.25, 0.3) is 0 Å². The van der Waals surface area contributed by atoms with Gasteiger partial charge in [-0.3, -0.25) is 9.59 Å². The molecule has 154 valence electrons. The van der Waals surface area contributed by atoms with Crippen molar-refractivity contribution in [3.63, 3.8) is 0 Å². The van der Waals surface area contributed by atoms with Crippen LogP contribution in [0.4, 0.5) is 5.69 Å². The van der Waals surface area contributed by atoms with Crippen LogP contribution in [-0.4, -0.2) is 24.3 Å². The number of hydrogen-bond donors (Lipinski definition) is 1. The Bertz CT molecular complexity index is 858. The molecule has 0 radical (unpaired) electrons. The quantitative estimate of drug-likeness (QED) is 0.624. The third-order valence-electron chi connectivity index (χ3n) is 5.32. The fourth-order valence-corrected chi connectivity index (χ4v) is 4.64. The number of hydrogen-bond acceptors (Lipinski definition) is 4. The first-order valence-electron chi connectivity index (χ1n) is 10.3. The molecule has 1 aromatic heterocycles. The van der Waals surface area contributed by atoms with Gasteiger partial charge in [-0.15, -0.1) is 11.3 Å². The van der Waals surface area contributed by atoms with Crippen LogP contribution in [0.5, 0.6) is 0 Å². The van der Waals surface area contributed by atoms with E-state index in [1.807, 2.05) is 46.7 Å². The maximum Gasteiger partial charge on any atom is 0.250 e. The predicted octanol–water partition coefficient (Wildman–Crippen LogP) is 4.38. The molecule has 2 N–H and O–H groups in total. The summed E-state index contributed by atoms with van der Waals surface area (Å²) in [7, 11) is 0. The van der Waals surface area contributed by atoms with Gasteiger partial charge in [0.1, 0.15) is 5.78 Å². The van der Waals surface area contributed by atoms with E-state index in [1.165, 1.54) is 5.56 Å². The summed E-state index contributed by atoms with van der Waals surface area (Å²) >= 11 is 1.62. The minimum Gasteiger partial charge on any atom is -0.321 e. The van der Waals surface area contributed by atoms with E-state index in [2.05, 4.69) is 19.9 Å². The summed E-state index contributed by atoms with van der Waals surface area (Å²) in [6, 6.07) is 11.5. The van der Waals surface area contributed by atoms with E-state index in [0.717, 1.165) is 23.4 Å². The van der Waals surface area contributed by atoms with Crippen molar-refractivity contribution < 1.29 is 9.59 Å². The number of para-hydroxylation sites is 1. The van der Waals surface area contributed by atoms with Crippen molar-refractivity contribution in [2.45, 2.75) is 45.6 Å². The Morgan fingerprint density at radius 2 is 2.00 bits per heavy atom. The molecule has 1 amide bonds. The highest BCUT2D eigenvalue weighted by molar-refractivity contribution is 7.09. The number of nitrogens with zero attached hydrogens (tertiary/aromatic N) is 1. The summed E-state index contributed by atoms with van der Waals surface area (Å²) < 4.78 is 0. The number of amides is 1. The van der Waals surface area contributed by atoms with Gasteiger partial charge in [-0.1, -0.05) is 44.2 Å². The average molecular weight is 411 g/mol. The van der Waals surface area contributed by atoms with Gasteiger partial charge in [-0.05, 0) is 53.8 Å². The van der Waals surface area contributed by atoms with E-state index in [9.17, 15) is 9.59 Å². The lowest BCUT2D eigenvalue weighted by Gasteiger charge is -2.18. The number of Topliss-reactive ketones (excluding diaryl/α,β-unsaturated/α-hetero) is 1. The highest BCUT2D eigenvalue weighted by atomic mass is 32.1. The SMILES string of the molecule is CC(C)C[C@@H](/C=C/C(=O)N1CCc2ccccc21)CC(=O)[C@@H](N)Cc1cccs1. The lowest BCUT2D eigenvalue weighted by molar-refractivity contribution is -0.121. The van der Waals surface area contributed by atoms with Crippen molar-refractivity contribution in [1.82, 2.24) is 0 Å². The molecule has 4 nitrogen and oxygen atoms in total. The fourth-order valence-electron chi connectivity index (χ4n) is 3.88. The van der Waals surface area contributed by atoms with Crippen molar-refractivity contribution >= 4 is 28.7 Å². The molecule has 1 aromatic carbocycles. The summed E-state index contributed by atoms with van der Waals surface area (Å²) in [5.74, 6) is 0.513. The van der Waals surface area contributed by atoms with E-state index in [1.54, 1.807) is 17.4 Å². The van der Waals surface area contributed by atoms with Gasteiger partial charge >= 0.3 is 0 Å². The number of fused-ring (bicyclic) bond motifs is 1. The minimum absolute atomic E-state index is 0.0148. The van der Waals surface area contributed by atoms with Gasteiger partial charge in [-0.2, -0.15) is 0 Å². The fraction of sp³-hybridized carbons (Fsp3) is 0.417. The monoisotopic (exact) mass is 410 g/mol. The highest BCUT2D eigenvalue weighted by Crippen LogP contribution is 2.28. The maximum absolute atomic E-state index is 12.8. The third-order valence-corrected chi connectivity index (χ3v) is 6.22. The summed E-state index contributed by atoms with van der Waals surface area (Å²) in [6.07, 6.45) is 6.27. The number of allylic oxidation sites excluding steroid dienone is 1. The first kappa shape index (κ1) is 21.5. The van der Waals surface area contributed by atoms with Gasteiger partial charge in [-0.25, -0.2) is 0 Å². The average Bonchev–Trinajstić information content (AvgIpc) is 3.35. The Hall–Kier alpha value is -2.24. The van der Waals surface area contributed by atoms with Gasteiger partial charge in [0.2, 0.25) is 0 Å². The van der Waals surface area contributed by atoms with Crippen molar-refractivity contribution in [1.29, 1.82) is 0 Å². The lowest BCUT2D eigenvalue weighted by Crippen LogP contribution is -2.33. The second kappa shape index (κ2) is 9.99. The van der Waals surface area contributed by atoms with Crippen molar-refractivity contribution in [3.8, 4) is 0 Å². The van der Waals surface area contributed by atoms with Crippen LogP contribution in [0.1, 0.15) is 37.1 Å². The van der Waals surface area contributed by atoms with Gasteiger partial charge < -0.3 is 10.6 Å². The number of rotatable bonds is 9. The smallest absolute Gasteiger partial charge is 0.250 e. The molecule has 0 aliphatic carbocycles. The Kier molecular flexibility index (Phi) is 7.40. The Balaban J connectivity index is 1.62. The van der Waals surface area contributed by atoms with E-state index < -0.39 is 6.04 Å². The molecule has 0 fully saturated rings. The normalized spacial score (nSPS) is 15.7. The maximum atomic E-state index is 12.8. The number of carbonyl (C=O) groups is 2. The zero-order valence-corrected chi connectivity index (χ0v) is 18.0. The van der Waals surface area contributed by atoms with Crippen molar-refractivity contribution in [2.75, 3.05) is 11.4 Å². The number of ketones is 1. The molecule has 1 aliphatic heterocycles. The van der Waals surface area contributed by atoms with Crippen LogP contribution in [0.3, 0.4) is 0 Å². The van der Waals surface area contributed by atoms with E-state index in [0.29, 0.717) is 25.3 Å². The summed E-state index contributed by atoms with van der Waals surface area (Å²) in [5, 5.41) is 2.00. The number of benzene rings is 1. The Morgan fingerprint density at radius 3 is 2.72 bits per heavy atom. The highest BCUT2D eigenvalue weighted by Gasteiger charge is 2.23. The van der Waals surface area contributed by atoms with Gasteiger partial charge in [0.25, 0.3) is 5.91 Å². The second-order valence-corrected chi connectivity index (χ2v) is 9.21. The first-order valence-corrected chi connectivity index (χ1v) is 11.2. The molecular formula is C24H30N2O2S. The Labute approximate surface area is 177 Å². The van der Waals surface area contributed by atoms with Crippen LogP contribution in [0, 0.1) is 11.8 Å². The van der Waals surface area contributed by atoms with Crippen LogP contribution < -0.4 is 10.6 Å². The third kappa shape index (κ3) is 5.87. The first-order chi connectivity index (χ1) is 13.9. The van der Waals surface area contributed by atoms with Gasteiger partial charge in [0.05, 0.1) is 6.04 Å².